The summed E-state index contributed by atoms with van der Waals surface area (Å²) in [6.45, 7) is 7.70. The monoisotopic (exact) mass is 189 g/mol. The van der Waals surface area contributed by atoms with Gasteiger partial charge in [-0.25, -0.2) is 0 Å². The lowest BCUT2D eigenvalue weighted by atomic mass is 9.99. The van der Waals surface area contributed by atoms with E-state index in [0.717, 1.165) is 6.54 Å². The molecule has 1 nitrogen and oxygen atoms in total. The van der Waals surface area contributed by atoms with E-state index in [0.29, 0.717) is 6.04 Å². The third kappa shape index (κ3) is 1.46. The van der Waals surface area contributed by atoms with Crippen molar-refractivity contribution < 1.29 is 0 Å². The van der Waals surface area contributed by atoms with Gasteiger partial charge < -0.3 is 5.32 Å². The molecule has 2 rings (SSSR count). The molecule has 0 bridgehead atoms. The average Bonchev–Trinajstić information content (AvgIpc) is 2.57. The molecular weight excluding hydrogens is 170 g/mol. The van der Waals surface area contributed by atoms with Gasteiger partial charge in [0.25, 0.3) is 0 Å². The quantitative estimate of drug-likeness (QED) is 0.754. The van der Waals surface area contributed by atoms with Crippen LogP contribution in [0.1, 0.15) is 41.6 Å². The van der Waals surface area contributed by atoms with Crippen LogP contribution in [0, 0.1) is 13.8 Å². The van der Waals surface area contributed by atoms with Crippen molar-refractivity contribution in [1.82, 2.24) is 5.32 Å². The van der Waals surface area contributed by atoms with Crippen LogP contribution >= 0.6 is 0 Å². The molecule has 0 radical (unpaired) electrons. The van der Waals surface area contributed by atoms with Gasteiger partial charge in [0.05, 0.1) is 0 Å². The predicted octanol–water partition coefficient (Wildman–Crippen LogP) is 2.90. The predicted molar refractivity (Wildman–Crippen MR) is 60.7 cm³/mol. The first-order valence-corrected chi connectivity index (χ1v) is 5.56. The summed E-state index contributed by atoms with van der Waals surface area (Å²) in [5.74, 6) is 0. The Labute approximate surface area is 86.5 Å². The van der Waals surface area contributed by atoms with Crippen molar-refractivity contribution in [3.8, 4) is 0 Å². The highest BCUT2D eigenvalue weighted by atomic mass is 14.9. The minimum atomic E-state index is 0.606. The second kappa shape index (κ2) is 3.74. The van der Waals surface area contributed by atoms with Crippen LogP contribution in [-0.2, 0) is 6.42 Å². The van der Waals surface area contributed by atoms with Gasteiger partial charge in [-0.1, -0.05) is 19.1 Å². The molecular formula is C13H19N. The molecule has 0 aliphatic heterocycles. The number of hydrogen-bond acceptors (Lipinski definition) is 1. The van der Waals surface area contributed by atoms with Crippen molar-refractivity contribution in [3.63, 3.8) is 0 Å². The van der Waals surface area contributed by atoms with E-state index < -0.39 is 0 Å². The number of nitrogens with one attached hydrogen (secondary N) is 1. The lowest BCUT2D eigenvalue weighted by Gasteiger charge is -2.13. The Balaban J connectivity index is 2.37. The van der Waals surface area contributed by atoms with Gasteiger partial charge in [0.1, 0.15) is 0 Å². The van der Waals surface area contributed by atoms with E-state index in [1.807, 2.05) is 0 Å². The molecule has 1 N–H and O–H groups in total. The smallest absolute Gasteiger partial charge is 0.0326 e. The first-order chi connectivity index (χ1) is 6.74. The molecule has 76 valence electrons. The zero-order chi connectivity index (χ0) is 10.1. The minimum absolute atomic E-state index is 0.606. The molecule has 1 heteroatoms. The van der Waals surface area contributed by atoms with Crippen LogP contribution in [0.5, 0.6) is 0 Å². The fourth-order valence-corrected chi connectivity index (χ4v) is 2.46. The SMILES string of the molecule is CCNC1CCc2c1ccc(C)c2C. The molecule has 14 heavy (non-hydrogen) atoms. The Bertz CT molecular complexity index is 341. The van der Waals surface area contributed by atoms with Crippen molar-refractivity contribution in [1.29, 1.82) is 0 Å². The third-order valence-electron chi connectivity index (χ3n) is 3.41. The maximum absolute atomic E-state index is 3.55. The fraction of sp³-hybridized carbons (Fsp3) is 0.538. The molecule has 0 spiro atoms. The van der Waals surface area contributed by atoms with Gasteiger partial charge in [-0.15, -0.1) is 0 Å². The first-order valence-electron chi connectivity index (χ1n) is 5.56. The highest BCUT2D eigenvalue weighted by molar-refractivity contribution is 5.44. The molecule has 1 unspecified atom stereocenters. The zero-order valence-electron chi connectivity index (χ0n) is 9.35. The Kier molecular flexibility index (Phi) is 2.60. The van der Waals surface area contributed by atoms with Crippen LogP contribution in [0.4, 0.5) is 0 Å². The summed E-state index contributed by atoms with van der Waals surface area (Å²) in [7, 11) is 0. The first kappa shape index (κ1) is 9.72. The average molecular weight is 189 g/mol. The van der Waals surface area contributed by atoms with E-state index in [1.54, 1.807) is 5.56 Å². The molecule has 0 saturated carbocycles. The van der Waals surface area contributed by atoms with E-state index in [9.17, 15) is 0 Å². The van der Waals surface area contributed by atoms with Crippen LogP contribution in [-0.4, -0.2) is 6.54 Å². The van der Waals surface area contributed by atoms with Crippen LogP contribution in [0.3, 0.4) is 0 Å². The van der Waals surface area contributed by atoms with E-state index in [4.69, 9.17) is 0 Å². The summed E-state index contributed by atoms with van der Waals surface area (Å²) in [5.41, 5.74) is 6.06. The number of rotatable bonds is 2. The van der Waals surface area contributed by atoms with Crippen molar-refractivity contribution in [3.05, 3.63) is 34.4 Å². The van der Waals surface area contributed by atoms with E-state index >= 15 is 0 Å². The molecule has 1 aliphatic carbocycles. The number of fused-ring (bicyclic) bond motifs is 1. The van der Waals surface area contributed by atoms with Crippen molar-refractivity contribution in [2.75, 3.05) is 6.54 Å². The third-order valence-corrected chi connectivity index (χ3v) is 3.41. The molecule has 0 heterocycles. The summed E-state index contributed by atoms with van der Waals surface area (Å²) in [6.07, 6.45) is 2.52. The van der Waals surface area contributed by atoms with E-state index in [-0.39, 0.29) is 0 Å². The van der Waals surface area contributed by atoms with Crippen LogP contribution in [0.2, 0.25) is 0 Å². The molecule has 0 saturated heterocycles. The summed E-state index contributed by atoms with van der Waals surface area (Å²) >= 11 is 0. The molecule has 1 aromatic carbocycles. The van der Waals surface area contributed by atoms with Gasteiger partial charge in [0, 0.05) is 6.04 Å². The Morgan fingerprint density at radius 2 is 2.14 bits per heavy atom. The molecule has 0 aromatic heterocycles. The fourth-order valence-electron chi connectivity index (χ4n) is 2.46. The second-order valence-corrected chi connectivity index (χ2v) is 4.22. The normalized spacial score (nSPS) is 19.8. The molecule has 1 atom stereocenters. The molecule has 1 aliphatic rings. The molecule has 1 aromatic rings. The van der Waals surface area contributed by atoms with Gasteiger partial charge in [-0.05, 0) is 55.5 Å². The lowest BCUT2D eigenvalue weighted by molar-refractivity contribution is 0.549. The summed E-state index contributed by atoms with van der Waals surface area (Å²) in [5, 5.41) is 3.55. The summed E-state index contributed by atoms with van der Waals surface area (Å²) in [4.78, 5) is 0. The Morgan fingerprint density at radius 1 is 1.36 bits per heavy atom. The lowest BCUT2D eigenvalue weighted by Crippen LogP contribution is -2.18. The maximum Gasteiger partial charge on any atom is 0.0326 e. The van der Waals surface area contributed by atoms with E-state index in [2.05, 4.69) is 38.2 Å². The number of hydrogen-bond donors (Lipinski definition) is 1. The number of aryl methyl sites for hydroxylation is 1. The van der Waals surface area contributed by atoms with Crippen molar-refractivity contribution >= 4 is 0 Å². The molecule has 0 fully saturated rings. The Morgan fingerprint density at radius 3 is 2.86 bits per heavy atom. The number of benzene rings is 1. The Hall–Kier alpha value is -0.820. The van der Waals surface area contributed by atoms with E-state index in [1.165, 1.54) is 29.5 Å². The van der Waals surface area contributed by atoms with Gasteiger partial charge in [-0.2, -0.15) is 0 Å². The van der Waals surface area contributed by atoms with Gasteiger partial charge >= 0.3 is 0 Å². The van der Waals surface area contributed by atoms with Crippen LogP contribution in [0.25, 0.3) is 0 Å². The van der Waals surface area contributed by atoms with Crippen LogP contribution < -0.4 is 5.32 Å². The van der Waals surface area contributed by atoms with Gasteiger partial charge in [-0.3, -0.25) is 0 Å². The van der Waals surface area contributed by atoms with Gasteiger partial charge in [0.15, 0.2) is 0 Å². The van der Waals surface area contributed by atoms with Gasteiger partial charge in [0.2, 0.25) is 0 Å². The van der Waals surface area contributed by atoms with Crippen molar-refractivity contribution in [2.24, 2.45) is 0 Å². The summed E-state index contributed by atoms with van der Waals surface area (Å²) in [6, 6.07) is 5.16. The topological polar surface area (TPSA) is 12.0 Å². The minimum Gasteiger partial charge on any atom is -0.310 e. The summed E-state index contributed by atoms with van der Waals surface area (Å²) < 4.78 is 0. The standard InChI is InChI=1S/C13H19N/c1-4-14-13-8-7-11-10(3)9(2)5-6-12(11)13/h5-6,13-14H,4,7-8H2,1-3H3. The van der Waals surface area contributed by atoms with Crippen LogP contribution in [0.15, 0.2) is 12.1 Å². The highest BCUT2D eigenvalue weighted by Gasteiger charge is 2.22. The maximum atomic E-state index is 3.55. The molecule has 0 amide bonds. The largest absolute Gasteiger partial charge is 0.310 e. The van der Waals surface area contributed by atoms with Crippen molar-refractivity contribution in [2.45, 2.75) is 39.7 Å². The highest BCUT2D eigenvalue weighted by Crippen LogP contribution is 2.34. The second-order valence-electron chi connectivity index (χ2n) is 4.22. The zero-order valence-corrected chi connectivity index (χ0v) is 9.35.